The summed E-state index contributed by atoms with van der Waals surface area (Å²) in [4.78, 5) is 10.7. The summed E-state index contributed by atoms with van der Waals surface area (Å²) >= 11 is 1.99. The minimum atomic E-state index is -0.583. The molecular formula is C7H13IO3. The van der Waals surface area contributed by atoms with Crippen molar-refractivity contribution in [3.05, 3.63) is 0 Å². The topological polar surface area (TPSA) is 35.5 Å². The average molecular weight is 272 g/mol. The second-order valence-corrected chi connectivity index (χ2v) is 4.37. The molecule has 0 saturated carbocycles. The summed E-state index contributed by atoms with van der Waals surface area (Å²) in [6.45, 7) is 6.14. The van der Waals surface area contributed by atoms with Crippen LogP contribution >= 0.6 is 22.6 Å². The fourth-order valence-electron chi connectivity index (χ4n) is 0.401. The maximum atomic E-state index is 10.7. The van der Waals surface area contributed by atoms with E-state index in [1.165, 1.54) is 0 Å². The molecule has 0 heterocycles. The third kappa shape index (κ3) is 7.90. The maximum absolute atomic E-state index is 10.7. The Hall–Kier alpha value is 0. The van der Waals surface area contributed by atoms with Gasteiger partial charge in [0.15, 0.2) is 4.11 Å². The van der Waals surface area contributed by atoms with Gasteiger partial charge in [-0.15, -0.1) is 0 Å². The van der Waals surface area contributed by atoms with E-state index in [0.717, 1.165) is 0 Å². The molecule has 3 nitrogen and oxygen atoms in total. The SMILES string of the molecule is CC(C)COC(=O)OC(C)I. The van der Waals surface area contributed by atoms with Crippen LogP contribution in [0, 0.1) is 5.92 Å². The van der Waals surface area contributed by atoms with Gasteiger partial charge in [0.25, 0.3) is 0 Å². The van der Waals surface area contributed by atoms with Crippen LogP contribution in [0.4, 0.5) is 4.79 Å². The molecule has 1 atom stereocenters. The van der Waals surface area contributed by atoms with Crippen molar-refractivity contribution in [1.82, 2.24) is 0 Å². The van der Waals surface area contributed by atoms with E-state index < -0.39 is 6.16 Å². The molecule has 0 radical (unpaired) electrons. The molecule has 0 N–H and O–H groups in total. The Balaban J connectivity index is 3.38. The quantitative estimate of drug-likeness (QED) is 0.450. The van der Waals surface area contributed by atoms with E-state index in [9.17, 15) is 4.79 Å². The summed E-state index contributed by atoms with van der Waals surface area (Å²) < 4.78 is 9.34. The van der Waals surface area contributed by atoms with Crippen LogP contribution in [0.5, 0.6) is 0 Å². The molecule has 11 heavy (non-hydrogen) atoms. The molecule has 66 valence electrons. The second-order valence-electron chi connectivity index (χ2n) is 2.62. The third-order valence-corrected chi connectivity index (χ3v) is 1.05. The standard InChI is InChI=1S/C7H13IO3/c1-5(2)4-10-7(9)11-6(3)8/h5-6H,4H2,1-3H3. The molecule has 0 aromatic rings. The van der Waals surface area contributed by atoms with E-state index in [2.05, 4.69) is 0 Å². The Kier molecular flexibility index (Phi) is 5.62. The molecule has 0 rings (SSSR count). The van der Waals surface area contributed by atoms with Crippen LogP contribution in [0.2, 0.25) is 0 Å². The molecule has 0 aliphatic carbocycles. The smallest absolute Gasteiger partial charge is 0.434 e. The molecule has 0 spiro atoms. The third-order valence-electron chi connectivity index (χ3n) is 0.793. The van der Waals surface area contributed by atoms with Crippen molar-refractivity contribution in [2.75, 3.05) is 6.61 Å². The highest BCUT2D eigenvalue weighted by atomic mass is 127. The van der Waals surface area contributed by atoms with Crippen LogP contribution in [0.3, 0.4) is 0 Å². The van der Waals surface area contributed by atoms with Crippen molar-refractivity contribution >= 4 is 28.7 Å². The van der Waals surface area contributed by atoms with Crippen LogP contribution < -0.4 is 0 Å². The Morgan fingerprint density at radius 2 is 2.00 bits per heavy atom. The first-order chi connectivity index (χ1) is 5.02. The summed E-state index contributed by atoms with van der Waals surface area (Å²) in [5, 5.41) is 0. The van der Waals surface area contributed by atoms with Crippen molar-refractivity contribution in [2.24, 2.45) is 5.92 Å². The fourth-order valence-corrected chi connectivity index (χ4v) is 0.609. The maximum Gasteiger partial charge on any atom is 0.509 e. The van der Waals surface area contributed by atoms with Crippen molar-refractivity contribution in [3.8, 4) is 0 Å². The van der Waals surface area contributed by atoms with E-state index >= 15 is 0 Å². The van der Waals surface area contributed by atoms with Crippen LogP contribution in [-0.4, -0.2) is 16.9 Å². The molecule has 0 aliphatic rings. The van der Waals surface area contributed by atoms with Crippen molar-refractivity contribution in [1.29, 1.82) is 0 Å². The van der Waals surface area contributed by atoms with Gasteiger partial charge in [-0.3, -0.25) is 0 Å². The summed E-state index contributed by atoms with van der Waals surface area (Å²) in [6, 6.07) is 0. The van der Waals surface area contributed by atoms with E-state index in [4.69, 9.17) is 9.47 Å². The normalized spacial score (nSPS) is 12.8. The molecule has 0 amide bonds. The number of carbonyl (C=O) groups excluding carboxylic acids is 1. The lowest BCUT2D eigenvalue weighted by Crippen LogP contribution is -2.14. The zero-order valence-electron chi connectivity index (χ0n) is 6.96. The highest BCUT2D eigenvalue weighted by Crippen LogP contribution is 2.03. The van der Waals surface area contributed by atoms with E-state index in [0.29, 0.717) is 12.5 Å². The van der Waals surface area contributed by atoms with Gasteiger partial charge in [0.05, 0.1) is 6.61 Å². The lowest BCUT2D eigenvalue weighted by Gasteiger charge is -2.08. The first kappa shape index (κ1) is 11.0. The first-order valence-corrected chi connectivity index (χ1v) is 4.74. The molecular weight excluding hydrogens is 259 g/mol. The van der Waals surface area contributed by atoms with Gasteiger partial charge in [0.2, 0.25) is 0 Å². The molecule has 0 aromatic heterocycles. The molecule has 0 saturated heterocycles. The van der Waals surface area contributed by atoms with Crippen LogP contribution in [0.1, 0.15) is 20.8 Å². The van der Waals surface area contributed by atoms with Crippen LogP contribution in [-0.2, 0) is 9.47 Å². The monoisotopic (exact) mass is 272 g/mol. The van der Waals surface area contributed by atoms with Gasteiger partial charge in [0, 0.05) is 0 Å². The van der Waals surface area contributed by atoms with Crippen LogP contribution in [0.25, 0.3) is 0 Å². The van der Waals surface area contributed by atoms with Crippen molar-refractivity contribution in [2.45, 2.75) is 24.9 Å². The van der Waals surface area contributed by atoms with Gasteiger partial charge in [-0.1, -0.05) is 13.8 Å². The van der Waals surface area contributed by atoms with Crippen LogP contribution in [0.15, 0.2) is 0 Å². The number of halogens is 1. The van der Waals surface area contributed by atoms with E-state index in [-0.39, 0.29) is 4.11 Å². The number of carbonyl (C=O) groups is 1. The van der Waals surface area contributed by atoms with E-state index in [1.54, 1.807) is 6.92 Å². The van der Waals surface area contributed by atoms with E-state index in [1.807, 2.05) is 36.4 Å². The largest absolute Gasteiger partial charge is 0.509 e. The van der Waals surface area contributed by atoms with Gasteiger partial charge < -0.3 is 9.47 Å². The predicted molar refractivity (Wildman–Crippen MR) is 50.8 cm³/mol. The zero-order chi connectivity index (χ0) is 8.85. The van der Waals surface area contributed by atoms with Gasteiger partial charge in [0.1, 0.15) is 0 Å². The summed E-state index contributed by atoms with van der Waals surface area (Å²) in [6.07, 6.45) is -0.583. The van der Waals surface area contributed by atoms with Crippen molar-refractivity contribution < 1.29 is 14.3 Å². The Bertz CT molecular complexity index is 123. The van der Waals surface area contributed by atoms with Gasteiger partial charge in [-0.05, 0) is 35.4 Å². The number of hydrogen-bond donors (Lipinski definition) is 0. The highest BCUT2D eigenvalue weighted by molar-refractivity contribution is 14.1. The molecule has 0 aliphatic heterocycles. The number of rotatable bonds is 3. The Morgan fingerprint density at radius 3 is 2.36 bits per heavy atom. The zero-order valence-corrected chi connectivity index (χ0v) is 9.12. The molecule has 4 heteroatoms. The minimum absolute atomic E-state index is 0.132. The lowest BCUT2D eigenvalue weighted by molar-refractivity contribution is 0.0472. The summed E-state index contributed by atoms with van der Waals surface area (Å²) in [7, 11) is 0. The fraction of sp³-hybridized carbons (Fsp3) is 0.857. The number of alkyl halides is 1. The summed E-state index contributed by atoms with van der Waals surface area (Å²) in [5.74, 6) is 0.354. The average Bonchev–Trinajstić information content (AvgIpc) is 1.82. The predicted octanol–water partition coefficient (Wildman–Crippen LogP) is 2.58. The minimum Gasteiger partial charge on any atom is -0.434 e. The van der Waals surface area contributed by atoms with Gasteiger partial charge in [-0.2, -0.15) is 0 Å². The van der Waals surface area contributed by atoms with Gasteiger partial charge in [-0.25, -0.2) is 4.79 Å². The number of ether oxygens (including phenoxy) is 2. The van der Waals surface area contributed by atoms with Crippen molar-refractivity contribution in [3.63, 3.8) is 0 Å². The molecule has 1 unspecified atom stereocenters. The molecule has 0 bridgehead atoms. The number of hydrogen-bond acceptors (Lipinski definition) is 3. The highest BCUT2D eigenvalue weighted by Gasteiger charge is 2.07. The van der Waals surface area contributed by atoms with Gasteiger partial charge >= 0.3 is 6.16 Å². The second kappa shape index (κ2) is 5.62. The molecule has 0 fully saturated rings. The Morgan fingerprint density at radius 1 is 1.45 bits per heavy atom. The Labute approximate surface area is 80.6 Å². The first-order valence-electron chi connectivity index (χ1n) is 3.50. The molecule has 0 aromatic carbocycles. The summed E-state index contributed by atoms with van der Waals surface area (Å²) in [5.41, 5.74) is 0. The lowest BCUT2D eigenvalue weighted by atomic mass is 10.2.